The van der Waals surface area contributed by atoms with Crippen molar-refractivity contribution in [3.05, 3.63) is 77.2 Å². The Balaban J connectivity index is 1.36. The highest BCUT2D eigenvalue weighted by atomic mass is 35.5. The minimum atomic E-state index is -0.410. The van der Waals surface area contributed by atoms with E-state index >= 15 is 0 Å². The average Bonchev–Trinajstić information content (AvgIpc) is 3.24. The molecule has 1 saturated heterocycles. The predicted molar refractivity (Wildman–Crippen MR) is 134 cm³/mol. The van der Waals surface area contributed by atoms with Crippen LogP contribution < -0.4 is 10.2 Å². The molecule has 34 heavy (non-hydrogen) atoms. The lowest BCUT2D eigenvalue weighted by Crippen LogP contribution is -2.50. The zero-order chi connectivity index (χ0) is 23.7. The zero-order valence-corrected chi connectivity index (χ0v) is 19.9. The van der Waals surface area contributed by atoms with Crippen LogP contribution in [0, 0.1) is 6.92 Å². The van der Waals surface area contributed by atoms with Crippen LogP contribution in [-0.2, 0) is 11.8 Å². The van der Waals surface area contributed by atoms with E-state index in [2.05, 4.69) is 30.2 Å². The molecule has 1 aliphatic rings. The third-order valence-electron chi connectivity index (χ3n) is 6.29. The monoisotopic (exact) mass is 475 g/mol. The number of hydrogen-bond acceptors (Lipinski definition) is 6. The summed E-state index contributed by atoms with van der Waals surface area (Å²) in [5, 5.41) is 8.96. The maximum absolute atomic E-state index is 13.5. The van der Waals surface area contributed by atoms with Crippen molar-refractivity contribution in [3.63, 3.8) is 0 Å². The highest BCUT2D eigenvalue weighted by Crippen LogP contribution is 2.28. The van der Waals surface area contributed by atoms with E-state index in [1.165, 1.54) is 0 Å². The number of halogens is 1. The molecule has 1 aliphatic heterocycles. The fraction of sp³-hybridized carbons (Fsp3) is 0.280. The first-order chi connectivity index (χ1) is 16.5. The van der Waals surface area contributed by atoms with Crippen LogP contribution in [0.15, 0.2) is 61.1 Å². The van der Waals surface area contributed by atoms with Crippen LogP contribution in [-0.4, -0.2) is 56.7 Å². The lowest BCUT2D eigenvalue weighted by atomic mass is 10.0. The molecule has 9 heteroatoms. The molecule has 0 bridgehead atoms. The van der Waals surface area contributed by atoms with E-state index in [0.717, 1.165) is 41.1 Å². The number of nitrogens with one attached hydrogen (secondary N) is 1. The van der Waals surface area contributed by atoms with Crippen molar-refractivity contribution in [1.29, 1.82) is 0 Å². The molecule has 3 heterocycles. The quantitative estimate of drug-likeness (QED) is 0.472. The molecule has 2 aromatic heterocycles. The smallest absolute Gasteiger partial charge is 0.246 e. The van der Waals surface area contributed by atoms with Gasteiger partial charge in [0.15, 0.2) is 5.65 Å². The Morgan fingerprint density at radius 2 is 1.82 bits per heavy atom. The molecule has 0 aliphatic carbocycles. The van der Waals surface area contributed by atoms with Crippen LogP contribution in [0.2, 0.25) is 5.02 Å². The number of fused-ring (bicyclic) bond motifs is 1. The van der Waals surface area contributed by atoms with E-state index in [9.17, 15) is 4.79 Å². The van der Waals surface area contributed by atoms with Crippen LogP contribution in [0.5, 0.6) is 0 Å². The number of piperazine rings is 1. The van der Waals surface area contributed by atoms with Gasteiger partial charge in [-0.25, -0.2) is 9.97 Å². The highest BCUT2D eigenvalue weighted by Gasteiger charge is 2.31. The van der Waals surface area contributed by atoms with E-state index < -0.39 is 6.04 Å². The summed E-state index contributed by atoms with van der Waals surface area (Å²) in [6.07, 6.45) is 3.39. The van der Waals surface area contributed by atoms with Crippen molar-refractivity contribution >= 4 is 40.0 Å². The molecule has 8 nitrogen and oxygen atoms in total. The summed E-state index contributed by atoms with van der Waals surface area (Å²) in [6.45, 7) is 4.86. The van der Waals surface area contributed by atoms with Crippen LogP contribution in [0.1, 0.15) is 17.2 Å². The number of amides is 1. The number of carbonyl (C=O) groups is 1. The van der Waals surface area contributed by atoms with Gasteiger partial charge >= 0.3 is 0 Å². The SMILES string of the molecule is Cc1ccc(NC(=O)C(c2ccccc2)N2CCN(c3ncnc4c3cnn4C)CC2)cc1Cl. The van der Waals surface area contributed by atoms with Gasteiger partial charge in [-0.05, 0) is 30.2 Å². The van der Waals surface area contributed by atoms with Gasteiger partial charge in [0.1, 0.15) is 18.2 Å². The summed E-state index contributed by atoms with van der Waals surface area (Å²) in [7, 11) is 1.88. The van der Waals surface area contributed by atoms with Crippen LogP contribution in [0.4, 0.5) is 11.5 Å². The van der Waals surface area contributed by atoms with Gasteiger partial charge in [-0.1, -0.05) is 48.0 Å². The van der Waals surface area contributed by atoms with Gasteiger partial charge in [-0.3, -0.25) is 14.4 Å². The van der Waals surface area contributed by atoms with E-state index in [1.807, 2.05) is 62.6 Å². The molecule has 1 fully saturated rings. The molecule has 0 spiro atoms. The molecule has 1 amide bonds. The molecule has 1 atom stereocenters. The van der Waals surface area contributed by atoms with Gasteiger partial charge in [-0.2, -0.15) is 5.10 Å². The molecule has 1 N–H and O–H groups in total. The molecule has 5 rings (SSSR count). The maximum atomic E-state index is 13.5. The van der Waals surface area contributed by atoms with E-state index in [-0.39, 0.29) is 5.91 Å². The van der Waals surface area contributed by atoms with Crippen molar-refractivity contribution in [2.24, 2.45) is 7.05 Å². The molecule has 0 saturated carbocycles. The summed E-state index contributed by atoms with van der Waals surface area (Å²) in [6, 6.07) is 15.1. The minimum Gasteiger partial charge on any atom is -0.353 e. The lowest BCUT2D eigenvalue weighted by Gasteiger charge is -2.39. The molecule has 4 aromatic rings. The Hall–Kier alpha value is -3.49. The second-order valence-corrected chi connectivity index (χ2v) is 8.90. The Morgan fingerprint density at radius 1 is 1.06 bits per heavy atom. The van der Waals surface area contributed by atoms with Gasteiger partial charge in [0.25, 0.3) is 0 Å². The average molecular weight is 476 g/mol. The Kier molecular flexibility index (Phi) is 6.17. The van der Waals surface area contributed by atoms with E-state index in [4.69, 9.17) is 11.6 Å². The summed E-state index contributed by atoms with van der Waals surface area (Å²) in [4.78, 5) is 26.8. The largest absolute Gasteiger partial charge is 0.353 e. The molecule has 174 valence electrons. The van der Waals surface area contributed by atoms with Crippen molar-refractivity contribution in [2.45, 2.75) is 13.0 Å². The fourth-order valence-electron chi connectivity index (χ4n) is 4.44. The highest BCUT2D eigenvalue weighted by molar-refractivity contribution is 6.31. The van der Waals surface area contributed by atoms with Gasteiger partial charge in [0, 0.05) is 43.9 Å². The standard InChI is InChI=1S/C25H26ClN7O/c1-17-8-9-19(14-21(17)26)30-25(34)22(18-6-4-3-5-7-18)32-10-12-33(13-11-32)24-20-15-29-31(2)23(20)27-16-28-24/h3-9,14-16,22H,10-13H2,1-2H3,(H,30,34). The second kappa shape index (κ2) is 9.40. The number of nitrogens with zero attached hydrogens (tertiary/aromatic N) is 6. The summed E-state index contributed by atoms with van der Waals surface area (Å²) < 4.78 is 1.75. The van der Waals surface area contributed by atoms with Crippen molar-refractivity contribution in [3.8, 4) is 0 Å². The van der Waals surface area contributed by atoms with E-state index in [0.29, 0.717) is 23.8 Å². The van der Waals surface area contributed by atoms with Crippen LogP contribution >= 0.6 is 11.6 Å². The molecule has 1 unspecified atom stereocenters. The first-order valence-corrected chi connectivity index (χ1v) is 11.6. The molecular formula is C25H26ClN7O. The zero-order valence-electron chi connectivity index (χ0n) is 19.1. The topological polar surface area (TPSA) is 79.2 Å². The number of aromatic nitrogens is 4. The number of benzene rings is 2. The lowest BCUT2D eigenvalue weighted by molar-refractivity contribution is -0.121. The summed E-state index contributed by atoms with van der Waals surface area (Å²) >= 11 is 6.28. The third kappa shape index (κ3) is 4.34. The van der Waals surface area contributed by atoms with Gasteiger partial charge < -0.3 is 10.2 Å². The third-order valence-corrected chi connectivity index (χ3v) is 6.70. The minimum absolute atomic E-state index is 0.0729. The van der Waals surface area contributed by atoms with Gasteiger partial charge in [0.05, 0.1) is 11.6 Å². The van der Waals surface area contributed by atoms with E-state index in [1.54, 1.807) is 17.1 Å². The Bertz CT molecular complexity index is 1320. The first kappa shape index (κ1) is 22.3. The van der Waals surface area contributed by atoms with Crippen molar-refractivity contribution in [1.82, 2.24) is 24.6 Å². The molecule has 2 aromatic carbocycles. The normalized spacial score (nSPS) is 15.4. The predicted octanol–water partition coefficient (Wildman–Crippen LogP) is 3.83. The van der Waals surface area contributed by atoms with Crippen LogP contribution in [0.3, 0.4) is 0 Å². The number of hydrogen-bond donors (Lipinski definition) is 1. The van der Waals surface area contributed by atoms with Gasteiger partial charge in [-0.15, -0.1) is 0 Å². The molecular weight excluding hydrogens is 450 g/mol. The summed E-state index contributed by atoms with van der Waals surface area (Å²) in [5.74, 6) is 0.809. The second-order valence-electron chi connectivity index (χ2n) is 8.49. The molecule has 0 radical (unpaired) electrons. The van der Waals surface area contributed by atoms with Crippen molar-refractivity contribution in [2.75, 3.05) is 36.4 Å². The number of rotatable bonds is 5. The number of carbonyl (C=O) groups excluding carboxylic acids is 1. The van der Waals surface area contributed by atoms with Gasteiger partial charge in [0.2, 0.25) is 5.91 Å². The number of aryl methyl sites for hydroxylation is 2. The Morgan fingerprint density at radius 3 is 2.56 bits per heavy atom. The maximum Gasteiger partial charge on any atom is 0.246 e. The fourth-order valence-corrected chi connectivity index (χ4v) is 4.62. The van der Waals surface area contributed by atoms with Crippen molar-refractivity contribution < 1.29 is 4.79 Å². The summed E-state index contributed by atoms with van der Waals surface area (Å²) in [5.41, 5.74) is 3.44. The first-order valence-electron chi connectivity index (χ1n) is 11.2. The van der Waals surface area contributed by atoms with Crippen LogP contribution in [0.25, 0.3) is 11.0 Å². The Labute approximate surface area is 203 Å². The number of anilines is 2.